The zero-order valence-electron chi connectivity index (χ0n) is 30.2. The maximum atomic E-state index is 6.80. The molecule has 0 amide bonds. The zero-order valence-corrected chi connectivity index (χ0v) is 35.5. The Kier molecular flexibility index (Phi) is 29.9. The molecule has 0 aliphatic heterocycles. The summed E-state index contributed by atoms with van der Waals surface area (Å²) in [4.78, 5) is 0. The zero-order chi connectivity index (χ0) is 33.1. The predicted octanol–water partition coefficient (Wildman–Crippen LogP) is 13.9. The van der Waals surface area contributed by atoms with Crippen LogP contribution in [0.1, 0.15) is 196 Å². The summed E-state index contributed by atoms with van der Waals surface area (Å²) in [6.07, 6.45) is 28.1. The molecule has 0 aliphatic rings. The standard InChI is InChI=1S/3C11H22OS.C4H9.Sn/c3*1-3-4-5-6-7-8-9-10(2)11(12)13;1-3-4-2;/h3*10H,3-9H2,1-2H3,(H,12,13);1,3-4H2,2H3;/q;;;;+3/p-3. The van der Waals surface area contributed by atoms with Gasteiger partial charge in [0.2, 0.25) is 0 Å². The molecule has 0 fully saturated rings. The molecule has 0 bridgehead atoms. The molecule has 7 heteroatoms. The van der Waals surface area contributed by atoms with E-state index in [-0.39, 0.29) is 17.8 Å². The van der Waals surface area contributed by atoms with Crippen LogP contribution in [0.2, 0.25) is 4.44 Å². The van der Waals surface area contributed by atoms with E-state index in [9.17, 15) is 0 Å². The van der Waals surface area contributed by atoms with Gasteiger partial charge in [0, 0.05) is 0 Å². The average Bonchev–Trinajstić information content (AvgIpc) is 3.00. The molecule has 3 nitrogen and oxygen atoms in total. The third-order valence-corrected chi connectivity index (χ3v) is 18.8. The Labute approximate surface area is 297 Å². The molecule has 0 aromatic heterocycles. The van der Waals surface area contributed by atoms with Crippen LogP contribution in [0, 0.1) is 17.8 Å². The second-order valence-corrected chi connectivity index (χ2v) is 21.7. The van der Waals surface area contributed by atoms with Crippen LogP contribution in [0.3, 0.4) is 0 Å². The third-order valence-electron chi connectivity index (χ3n) is 8.78. The molecule has 0 N–H and O–H groups in total. The van der Waals surface area contributed by atoms with Gasteiger partial charge >= 0.3 is 299 Å². The Hall–Kier alpha value is 0.469. The van der Waals surface area contributed by atoms with Crippen molar-refractivity contribution >= 4 is 71.4 Å². The predicted molar refractivity (Wildman–Crippen MR) is 208 cm³/mol. The summed E-state index contributed by atoms with van der Waals surface area (Å²) >= 11 is 13.6. The second-order valence-electron chi connectivity index (χ2n) is 13.4. The summed E-state index contributed by atoms with van der Waals surface area (Å²) in [5.74, 6) is 0.554. The minimum absolute atomic E-state index is 0.185. The van der Waals surface area contributed by atoms with Crippen LogP contribution in [-0.2, 0) is 9.22 Å². The van der Waals surface area contributed by atoms with Gasteiger partial charge in [-0.25, -0.2) is 0 Å². The second kappa shape index (κ2) is 29.6. The normalized spacial score (nSPS) is 14.8. The van der Waals surface area contributed by atoms with Crippen LogP contribution in [0.5, 0.6) is 0 Å². The quantitative estimate of drug-likeness (QED) is 0.0410. The molecule has 0 heterocycles. The Morgan fingerprint density at radius 3 is 0.932 bits per heavy atom. The van der Waals surface area contributed by atoms with Crippen molar-refractivity contribution < 1.29 is 9.22 Å². The SMILES string of the molecule is CCCCCCCCC(C)C(=S)[O][Sn]([CH2]CCC)([O]C(=S)C(C)CCCCCCCC)[O]C(=S)C(C)CCCCCCCC. The first-order valence-electron chi connectivity index (χ1n) is 18.8. The monoisotopic (exact) mass is 780 g/mol. The first-order valence-corrected chi connectivity index (χ1v) is 25.6. The van der Waals surface area contributed by atoms with Gasteiger partial charge in [0.05, 0.1) is 0 Å². The Bertz CT molecular complexity index is 644. The molecule has 0 radical (unpaired) electrons. The topological polar surface area (TPSA) is 27.7 Å². The molecule has 0 spiro atoms. The van der Waals surface area contributed by atoms with Gasteiger partial charge in [-0.05, 0) is 0 Å². The Morgan fingerprint density at radius 1 is 0.409 bits per heavy atom. The summed E-state index contributed by atoms with van der Waals surface area (Å²) in [5.41, 5.74) is 0. The van der Waals surface area contributed by atoms with E-state index in [0.29, 0.717) is 15.2 Å². The summed E-state index contributed by atoms with van der Waals surface area (Å²) < 4.78 is 21.2. The van der Waals surface area contributed by atoms with Crippen LogP contribution < -0.4 is 0 Å². The van der Waals surface area contributed by atoms with Crippen molar-refractivity contribution in [2.45, 2.75) is 201 Å². The van der Waals surface area contributed by atoms with Gasteiger partial charge in [-0.15, -0.1) is 0 Å². The van der Waals surface area contributed by atoms with Crippen molar-refractivity contribution in [3.8, 4) is 0 Å². The molecule has 0 aromatic carbocycles. The van der Waals surface area contributed by atoms with Crippen LogP contribution in [-0.4, -0.2) is 34.8 Å². The Morgan fingerprint density at radius 2 is 0.659 bits per heavy atom. The van der Waals surface area contributed by atoms with Gasteiger partial charge in [-0.1, -0.05) is 0 Å². The summed E-state index contributed by atoms with van der Waals surface area (Å²) in [7, 11) is 0. The molecule has 3 atom stereocenters. The van der Waals surface area contributed by atoms with Gasteiger partial charge in [-0.3, -0.25) is 0 Å². The summed E-state index contributed by atoms with van der Waals surface area (Å²) in [6.45, 7) is 15.6. The average molecular weight is 780 g/mol. The molecule has 3 unspecified atom stereocenters. The number of hydrogen-bond donors (Lipinski definition) is 0. The molecule has 44 heavy (non-hydrogen) atoms. The fourth-order valence-corrected chi connectivity index (χ4v) is 16.1. The van der Waals surface area contributed by atoms with Crippen molar-refractivity contribution in [2.24, 2.45) is 17.8 Å². The summed E-state index contributed by atoms with van der Waals surface area (Å²) in [6, 6.07) is 0. The van der Waals surface area contributed by atoms with E-state index >= 15 is 0 Å². The number of unbranched alkanes of at least 4 members (excludes halogenated alkanes) is 16. The Balaban J connectivity index is 5.54. The molecular weight excluding hydrogens is 707 g/mol. The molecular formula is C37H72O3S3Sn. The molecule has 260 valence electrons. The van der Waals surface area contributed by atoms with E-state index in [1.807, 2.05) is 0 Å². The first kappa shape index (κ1) is 44.5. The van der Waals surface area contributed by atoms with Crippen molar-refractivity contribution in [3.05, 3.63) is 0 Å². The van der Waals surface area contributed by atoms with Gasteiger partial charge < -0.3 is 0 Å². The van der Waals surface area contributed by atoms with Gasteiger partial charge in [0.1, 0.15) is 0 Å². The number of thiocarbonyl (C=S) groups is 3. The van der Waals surface area contributed by atoms with E-state index in [4.69, 9.17) is 45.9 Å². The maximum absolute atomic E-state index is 6.80. The van der Waals surface area contributed by atoms with Crippen molar-refractivity contribution in [3.63, 3.8) is 0 Å². The van der Waals surface area contributed by atoms with Crippen molar-refractivity contribution in [1.82, 2.24) is 0 Å². The van der Waals surface area contributed by atoms with Crippen molar-refractivity contribution in [1.29, 1.82) is 0 Å². The number of hydrogen-bond acceptors (Lipinski definition) is 6. The van der Waals surface area contributed by atoms with Gasteiger partial charge in [-0.2, -0.15) is 0 Å². The van der Waals surface area contributed by atoms with Gasteiger partial charge in [0.25, 0.3) is 0 Å². The minimum atomic E-state index is -4.30. The van der Waals surface area contributed by atoms with E-state index in [2.05, 4.69) is 48.5 Å². The molecule has 0 saturated heterocycles. The van der Waals surface area contributed by atoms with Crippen molar-refractivity contribution in [2.75, 3.05) is 0 Å². The van der Waals surface area contributed by atoms with Gasteiger partial charge in [0.15, 0.2) is 0 Å². The molecule has 0 saturated carbocycles. The van der Waals surface area contributed by atoms with Crippen LogP contribution in [0.15, 0.2) is 0 Å². The fraction of sp³-hybridized carbons (Fsp3) is 0.919. The summed E-state index contributed by atoms with van der Waals surface area (Å²) in [5, 5.41) is 1.93. The number of rotatable bonds is 30. The van der Waals surface area contributed by atoms with Crippen LogP contribution in [0.25, 0.3) is 0 Å². The third kappa shape index (κ3) is 22.9. The van der Waals surface area contributed by atoms with E-state index < -0.39 is 19.6 Å². The van der Waals surface area contributed by atoms with E-state index in [1.54, 1.807) is 0 Å². The van der Waals surface area contributed by atoms with E-state index in [1.165, 1.54) is 116 Å². The van der Waals surface area contributed by atoms with Crippen LogP contribution in [0.4, 0.5) is 0 Å². The van der Waals surface area contributed by atoms with Crippen LogP contribution >= 0.6 is 36.7 Å². The molecule has 0 rings (SSSR count). The molecule has 0 aromatic rings. The first-order chi connectivity index (χ1) is 21.2. The van der Waals surface area contributed by atoms with E-state index in [0.717, 1.165) is 36.5 Å². The fourth-order valence-electron chi connectivity index (χ4n) is 5.42. The molecule has 0 aliphatic carbocycles.